The SMILES string of the molecule is CCC(Sc1nnc(NC(=O)C=Cc2ccccc2)s1)C(=O)Nc1cc(Cl)ccc1C. The van der Waals surface area contributed by atoms with Gasteiger partial charge in [-0.1, -0.05) is 78.0 Å². The second-order valence-corrected chi connectivity index (χ2v) is 9.43. The van der Waals surface area contributed by atoms with Crippen LogP contribution in [-0.2, 0) is 9.59 Å². The first kappa shape index (κ1) is 23.0. The summed E-state index contributed by atoms with van der Waals surface area (Å²) in [6.07, 6.45) is 3.78. The number of hydrogen-bond donors (Lipinski definition) is 2. The van der Waals surface area contributed by atoms with Crippen LogP contribution in [0.5, 0.6) is 0 Å². The zero-order valence-electron chi connectivity index (χ0n) is 17.0. The van der Waals surface area contributed by atoms with Gasteiger partial charge in [0.05, 0.1) is 5.25 Å². The first-order chi connectivity index (χ1) is 14.9. The number of anilines is 2. The molecular weight excluding hydrogens is 452 g/mol. The average Bonchev–Trinajstić information content (AvgIpc) is 3.20. The smallest absolute Gasteiger partial charge is 0.250 e. The maximum Gasteiger partial charge on any atom is 0.250 e. The predicted molar refractivity (Wildman–Crippen MR) is 129 cm³/mol. The van der Waals surface area contributed by atoms with E-state index in [1.807, 2.05) is 50.2 Å². The highest BCUT2D eigenvalue weighted by Crippen LogP contribution is 2.31. The van der Waals surface area contributed by atoms with Gasteiger partial charge in [0.25, 0.3) is 0 Å². The van der Waals surface area contributed by atoms with Crippen molar-refractivity contribution in [2.24, 2.45) is 0 Å². The van der Waals surface area contributed by atoms with E-state index in [1.165, 1.54) is 29.2 Å². The van der Waals surface area contributed by atoms with Crippen LogP contribution in [0.25, 0.3) is 6.08 Å². The Kier molecular flexibility index (Phi) is 8.22. The number of hydrogen-bond acceptors (Lipinski definition) is 6. The summed E-state index contributed by atoms with van der Waals surface area (Å²) >= 11 is 8.58. The molecule has 0 saturated carbocycles. The van der Waals surface area contributed by atoms with E-state index in [1.54, 1.807) is 18.2 Å². The minimum atomic E-state index is -0.354. The molecule has 1 atom stereocenters. The topological polar surface area (TPSA) is 84.0 Å². The molecule has 2 aromatic carbocycles. The molecular formula is C22H21ClN4O2S2. The fourth-order valence-corrected chi connectivity index (χ4v) is 4.67. The Balaban J connectivity index is 1.58. The van der Waals surface area contributed by atoms with Gasteiger partial charge in [0.15, 0.2) is 4.34 Å². The van der Waals surface area contributed by atoms with E-state index in [-0.39, 0.29) is 17.1 Å². The van der Waals surface area contributed by atoms with Crippen molar-refractivity contribution in [2.45, 2.75) is 29.9 Å². The predicted octanol–water partition coefficient (Wildman–Crippen LogP) is 5.66. The van der Waals surface area contributed by atoms with E-state index in [4.69, 9.17) is 11.6 Å². The molecule has 0 saturated heterocycles. The molecule has 160 valence electrons. The van der Waals surface area contributed by atoms with Crippen LogP contribution in [-0.4, -0.2) is 27.3 Å². The number of rotatable bonds is 8. The molecule has 9 heteroatoms. The molecule has 1 heterocycles. The number of thioether (sulfide) groups is 1. The van der Waals surface area contributed by atoms with Gasteiger partial charge < -0.3 is 5.32 Å². The van der Waals surface area contributed by atoms with Crippen molar-refractivity contribution in [3.63, 3.8) is 0 Å². The fraction of sp³-hybridized carbons (Fsp3) is 0.182. The molecule has 31 heavy (non-hydrogen) atoms. The summed E-state index contributed by atoms with van der Waals surface area (Å²) in [5.41, 5.74) is 2.55. The Morgan fingerprint density at radius 3 is 2.68 bits per heavy atom. The number of halogens is 1. The van der Waals surface area contributed by atoms with Crippen LogP contribution >= 0.6 is 34.7 Å². The molecule has 0 aliphatic heterocycles. The van der Waals surface area contributed by atoms with E-state index in [9.17, 15) is 9.59 Å². The Labute approximate surface area is 194 Å². The van der Waals surface area contributed by atoms with Gasteiger partial charge in [-0.05, 0) is 42.7 Å². The summed E-state index contributed by atoms with van der Waals surface area (Å²) < 4.78 is 0.604. The number of carbonyl (C=O) groups is 2. The number of amides is 2. The molecule has 3 aromatic rings. The van der Waals surface area contributed by atoms with E-state index in [0.717, 1.165) is 11.1 Å². The van der Waals surface area contributed by atoms with Crippen LogP contribution in [0.2, 0.25) is 5.02 Å². The van der Waals surface area contributed by atoms with Crippen molar-refractivity contribution in [3.05, 3.63) is 70.8 Å². The summed E-state index contributed by atoms with van der Waals surface area (Å²) in [7, 11) is 0. The van der Waals surface area contributed by atoms with Gasteiger partial charge in [-0.15, -0.1) is 10.2 Å². The van der Waals surface area contributed by atoms with Crippen molar-refractivity contribution >= 4 is 63.4 Å². The van der Waals surface area contributed by atoms with Crippen molar-refractivity contribution < 1.29 is 9.59 Å². The second-order valence-electron chi connectivity index (χ2n) is 6.57. The number of carbonyl (C=O) groups excluding carboxylic acids is 2. The van der Waals surface area contributed by atoms with E-state index < -0.39 is 0 Å². The highest BCUT2D eigenvalue weighted by atomic mass is 35.5. The molecule has 0 fully saturated rings. The summed E-state index contributed by atoms with van der Waals surface area (Å²) in [6.45, 7) is 3.84. The van der Waals surface area contributed by atoms with E-state index >= 15 is 0 Å². The van der Waals surface area contributed by atoms with Crippen LogP contribution in [0.4, 0.5) is 10.8 Å². The average molecular weight is 473 g/mol. The van der Waals surface area contributed by atoms with E-state index in [0.29, 0.717) is 26.6 Å². The Morgan fingerprint density at radius 2 is 1.94 bits per heavy atom. The normalized spacial score (nSPS) is 12.0. The third kappa shape index (κ3) is 6.92. The molecule has 0 radical (unpaired) electrons. The van der Waals surface area contributed by atoms with Crippen molar-refractivity contribution in [1.82, 2.24) is 10.2 Å². The lowest BCUT2D eigenvalue weighted by Crippen LogP contribution is -2.24. The van der Waals surface area contributed by atoms with Crippen LogP contribution in [0.15, 0.2) is 58.9 Å². The minimum Gasteiger partial charge on any atom is -0.325 e. The molecule has 1 aromatic heterocycles. The largest absolute Gasteiger partial charge is 0.325 e. The van der Waals surface area contributed by atoms with Gasteiger partial charge >= 0.3 is 0 Å². The minimum absolute atomic E-state index is 0.135. The number of nitrogens with one attached hydrogen (secondary N) is 2. The molecule has 3 rings (SSSR count). The van der Waals surface area contributed by atoms with Gasteiger partial charge in [-0.25, -0.2) is 0 Å². The monoisotopic (exact) mass is 472 g/mol. The third-order valence-corrected chi connectivity index (χ3v) is 6.75. The van der Waals surface area contributed by atoms with Gasteiger partial charge in [0, 0.05) is 16.8 Å². The quantitative estimate of drug-likeness (QED) is 0.251. The van der Waals surface area contributed by atoms with Crippen molar-refractivity contribution in [3.8, 4) is 0 Å². The number of benzene rings is 2. The standard InChI is InChI=1S/C22H21ClN4O2S2/c1-3-18(20(29)24-17-13-16(23)11-9-14(17)2)30-22-27-26-21(31-22)25-19(28)12-10-15-7-5-4-6-8-15/h4-13,18H,3H2,1-2H3,(H,24,29)(H,25,26,28). The van der Waals surface area contributed by atoms with Gasteiger partial charge in [0.1, 0.15) is 0 Å². The first-order valence-electron chi connectivity index (χ1n) is 9.56. The first-order valence-corrected chi connectivity index (χ1v) is 11.6. The maximum atomic E-state index is 12.7. The number of aryl methyl sites for hydroxylation is 1. The zero-order valence-corrected chi connectivity index (χ0v) is 19.4. The van der Waals surface area contributed by atoms with Crippen LogP contribution in [0.3, 0.4) is 0 Å². The van der Waals surface area contributed by atoms with Crippen LogP contribution in [0.1, 0.15) is 24.5 Å². The van der Waals surface area contributed by atoms with Crippen LogP contribution < -0.4 is 10.6 Å². The van der Waals surface area contributed by atoms with Crippen LogP contribution in [0, 0.1) is 6.92 Å². The molecule has 0 aliphatic rings. The van der Waals surface area contributed by atoms with Gasteiger partial charge in [-0.3, -0.25) is 14.9 Å². The van der Waals surface area contributed by atoms with Crippen molar-refractivity contribution in [1.29, 1.82) is 0 Å². The van der Waals surface area contributed by atoms with E-state index in [2.05, 4.69) is 20.8 Å². The summed E-state index contributed by atoms with van der Waals surface area (Å²) in [6, 6.07) is 14.9. The lowest BCUT2D eigenvalue weighted by molar-refractivity contribution is -0.115. The summed E-state index contributed by atoms with van der Waals surface area (Å²) in [5.74, 6) is -0.429. The fourth-order valence-electron chi connectivity index (χ4n) is 2.58. The lowest BCUT2D eigenvalue weighted by atomic mass is 10.2. The van der Waals surface area contributed by atoms with Gasteiger partial charge in [-0.2, -0.15) is 0 Å². The summed E-state index contributed by atoms with van der Waals surface area (Å²) in [4.78, 5) is 24.8. The molecule has 0 bridgehead atoms. The molecule has 1 unspecified atom stereocenters. The highest BCUT2D eigenvalue weighted by molar-refractivity contribution is 8.02. The zero-order chi connectivity index (χ0) is 22.2. The second kappa shape index (κ2) is 11.1. The molecule has 0 spiro atoms. The molecule has 2 amide bonds. The van der Waals surface area contributed by atoms with Gasteiger partial charge in [0.2, 0.25) is 16.9 Å². The highest BCUT2D eigenvalue weighted by Gasteiger charge is 2.21. The van der Waals surface area contributed by atoms with Crippen molar-refractivity contribution in [2.75, 3.05) is 10.6 Å². The summed E-state index contributed by atoms with van der Waals surface area (Å²) in [5, 5.41) is 14.3. The Bertz CT molecular complexity index is 1090. The number of aromatic nitrogens is 2. The molecule has 2 N–H and O–H groups in total. The Morgan fingerprint density at radius 1 is 1.16 bits per heavy atom. The molecule has 6 nitrogen and oxygen atoms in total. The third-order valence-electron chi connectivity index (χ3n) is 4.23. The maximum absolute atomic E-state index is 12.7. The Hall–Kier alpha value is -2.68. The number of nitrogens with zero attached hydrogens (tertiary/aromatic N) is 2. The molecule has 0 aliphatic carbocycles. The lowest BCUT2D eigenvalue weighted by Gasteiger charge is -2.14.